The molecular formula is C44H36Cl2N14O20S6. The zero-order chi connectivity index (χ0) is 63.0. The van der Waals surface area contributed by atoms with Crippen molar-refractivity contribution in [3.05, 3.63) is 94.5 Å². The van der Waals surface area contributed by atoms with Gasteiger partial charge < -0.3 is 30.6 Å². The predicted molar refractivity (Wildman–Crippen MR) is 301 cm³/mol. The molecular weight excluding hydrogens is 1310 g/mol. The Morgan fingerprint density at radius 1 is 0.430 bits per heavy atom. The van der Waals surface area contributed by atoms with E-state index in [9.17, 15) is 88.0 Å². The minimum absolute atomic E-state index is 0.0114. The van der Waals surface area contributed by atoms with Gasteiger partial charge in [-0.1, -0.05) is 12.1 Å². The second kappa shape index (κ2) is 22.6. The average molecular weight is 1340 g/mol. The Morgan fingerprint density at radius 3 is 1.08 bits per heavy atom. The molecule has 9 rings (SSSR count). The monoisotopic (exact) mass is 1340 g/mol. The number of fused-ring (bicyclic) bond motifs is 2. The number of phenols is 2. The molecule has 42 heteroatoms. The fourth-order valence-corrected chi connectivity index (χ4v) is 12.6. The van der Waals surface area contributed by atoms with Gasteiger partial charge in [-0.25, -0.2) is 0 Å². The van der Waals surface area contributed by atoms with Gasteiger partial charge in [0.25, 0.3) is 60.7 Å². The highest BCUT2D eigenvalue weighted by atomic mass is 35.5. The summed E-state index contributed by atoms with van der Waals surface area (Å²) in [7, 11) is -31.0. The number of rotatable bonds is 16. The lowest BCUT2D eigenvalue weighted by molar-refractivity contribution is 0.471. The van der Waals surface area contributed by atoms with Gasteiger partial charge in [0.15, 0.2) is 11.5 Å². The van der Waals surface area contributed by atoms with Crippen LogP contribution >= 0.6 is 23.2 Å². The molecule has 0 saturated carbocycles. The van der Waals surface area contributed by atoms with Crippen LogP contribution in [0.5, 0.6) is 11.5 Å². The largest absolute Gasteiger partial charge is 0.505 e. The molecule has 0 aliphatic carbocycles. The number of benzene rings is 6. The molecule has 1 aliphatic rings. The zero-order valence-electron chi connectivity index (χ0n) is 42.8. The summed E-state index contributed by atoms with van der Waals surface area (Å²) in [5, 5.41) is 40.6. The number of hydrogen-bond donors (Lipinski definition) is 10. The topological polar surface area (TPSA) is 524 Å². The number of nitrogens with one attached hydrogen (secondary N) is 2. The van der Waals surface area contributed by atoms with Gasteiger partial charge in [0.1, 0.15) is 42.3 Å². The van der Waals surface area contributed by atoms with Crippen LogP contribution in [0.2, 0.25) is 10.6 Å². The second-order valence-corrected chi connectivity index (χ2v) is 27.2. The van der Waals surface area contributed by atoms with Gasteiger partial charge in [-0.15, -0.1) is 20.5 Å². The van der Waals surface area contributed by atoms with Gasteiger partial charge in [-0.2, -0.15) is 80.4 Å². The van der Waals surface area contributed by atoms with E-state index in [1.54, 1.807) is 9.80 Å². The summed E-state index contributed by atoms with van der Waals surface area (Å²) in [5.74, 6) is -3.47. The molecule has 0 atom stereocenters. The lowest BCUT2D eigenvalue weighted by atomic mass is 10.1. The Balaban J connectivity index is 1.03. The molecule has 1 saturated heterocycles. The molecule has 452 valence electrons. The molecule has 8 aromatic rings. The van der Waals surface area contributed by atoms with Crippen molar-refractivity contribution in [2.45, 2.75) is 43.2 Å². The molecule has 1 aliphatic heterocycles. The van der Waals surface area contributed by atoms with Crippen molar-refractivity contribution in [2.75, 3.05) is 46.6 Å². The van der Waals surface area contributed by atoms with Crippen LogP contribution < -0.4 is 20.4 Å². The third-order valence-corrected chi connectivity index (χ3v) is 17.7. The first-order valence-electron chi connectivity index (χ1n) is 23.3. The molecule has 86 heavy (non-hydrogen) atoms. The highest BCUT2D eigenvalue weighted by Gasteiger charge is 2.30. The Bertz CT molecular complexity index is 4690. The van der Waals surface area contributed by atoms with Gasteiger partial charge >= 0.3 is 0 Å². The SMILES string of the molecule is Cc1ccc(N=Nc2c(S(=O)(=O)O)cc3cc(S(=O)(=O)O)cc(Nc4nc(Cl)nc(N5CCN(c6nc(Cl)nc(Nc7cc(S(=O)(=O)O)cc8cc(S(=O)(=O)O)c(N=Nc9ccc(C)cc9S(=O)(=O)O)c(O)c78)n6)CC5)n4)c3c2O)c(S(=O)(=O)O)c1. The quantitative estimate of drug-likeness (QED) is 0.0350. The van der Waals surface area contributed by atoms with E-state index in [2.05, 4.69) is 61.0 Å². The molecule has 0 spiro atoms. The standard InChI is InChI=1S/C44H36Cl2N14O20S6/c1-19-3-5-25(29(11-19)83(69,70)71)55-57-35-31(85(75,76)77)15-21-13-23(81(63,64)65)17-27(33(21)37(35)61)47-41-49-39(45)51-43(53-41)59-7-9-60(10-8-59)44-52-40(46)50-42(54-44)48-28-18-24(82(66,67)68)14-22-16-32(86(78,79)80)36(38(62)34(22)28)58-56-26-6-4-20(2)12-30(26)84(72,73)74/h3-6,11-18,61-62H,7-10H2,1-2H3,(H,63,64,65)(H,66,67,68)(H,69,70,71)(H,72,73,74)(H,75,76,77)(H,78,79,80)(H,47,49,51,53)(H,48,50,52,54). The van der Waals surface area contributed by atoms with Gasteiger partial charge in [0.05, 0.1) is 21.2 Å². The number of hydrogen-bond acceptors (Lipinski definition) is 28. The van der Waals surface area contributed by atoms with Gasteiger partial charge in [0, 0.05) is 37.0 Å². The van der Waals surface area contributed by atoms with E-state index in [0.717, 1.165) is 48.5 Å². The Morgan fingerprint density at radius 2 is 0.767 bits per heavy atom. The number of piperazine rings is 1. The maximum Gasteiger partial charge on any atom is 0.296 e. The van der Waals surface area contributed by atoms with Crippen molar-refractivity contribution in [1.82, 2.24) is 29.9 Å². The molecule has 10 N–H and O–H groups in total. The summed E-state index contributed by atoms with van der Waals surface area (Å²) in [5.41, 5.74) is -3.42. The van der Waals surface area contributed by atoms with Crippen molar-refractivity contribution >= 4 is 163 Å². The van der Waals surface area contributed by atoms with Crippen LogP contribution in [0.3, 0.4) is 0 Å². The fraction of sp³-hybridized carbons (Fsp3) is 0.136. The first-order chi connectivity index (χ1) is 39.8. The third-order valence-electron chi connectivity index (χ3n) is 12.2. The first kappa shape index (κ1) is 62.4. The summed E-state index contributed by atoms with van der Waals surface area (Å²) in [6.07, 6.45) is 0. The molecule has 34 nitrogen and oxygen atoms in total. The van der Waals surface area contributed by atoms with E-state index in [-0.39, 0.29) is 38.1 Å². The summed E-state index contributed by atoms with van der Waals surface area (Å²) < 4.78 is 210. The first-order valence-corrected chi connectivity index (χ1v) is 32.7. The van der Waals surface area contributed by atoms with Gasteiger partial charge in [-0.05, 0) is 120 Å². The number of phenolic OH excluding ortho intramolecular Hbond substituents is 2. The Labute approximate surface area is 494 Å². The zero-order valence-corrected chi connectivity index (χ0v) is 49.2. The summed E-state index contributed by atoms with van der Waals surface area (Å²) in [6, 6.07) is 11.2. The van der Waals surface area contributed by atoms with Crippen LogP contribution in [0.15, 0.2) is 123 Å². The predicted octanol–water partition coefficient (Wildman–Crippen LogP) is 6.82. The van der Waals surface area contributed by atoms with E-state index >= 15 is 0 Å². The minimum Gasteiger partial charge on any atom is -0.505 e. The second-order valence-electron chi connectivity index (χ2n) is 18.2. The number of anilines is 6. The van der Waals surface area contributed by atoms with E-state index in [0.29, 0.717) is 23.3 Å². The van der Waals surface area contributed by atoms with Gasteiger partial charge in [-0.3, -0.25) is 27.3 Å². The number of halogens is 2. The molecule has 6 aromatic carbocycles. The maximum atomic E-state index is 12.7. The molecule has 0 radical (unpaired) electrons. The Kier molecular flexibility index (Phi) is 16.4. The van der Waals surface area contributed by atoms with Crippen molar-refractivity contribution < 1.29 is 88.0 Å². The van der Waals surface area contributed by atoms with E-state index in [1.807, 2.05) is 0 Å². The third kappa shape index (κ3) is 13.5. The lowest BCUT2D eigenvalue weighted by Gasteiger charge is -2.34. The Hall–Kier alpha value is -8.10. The van der Waals surface area contributed by atoms with Crippen molar-refractivity contribution in [3.8, 4) is 11.5 Å². The summed E-state index contributed by atoms with van der Waals surface area (Å²) in [6.45, 7) is 3.00. The summed E-state index contributed by atoms with van der Waals surface area (Å²) >= 11 is 12.7. The van der Waals surface area contributed by atoms with Crippen LogP contribution in [-0.4, -0.2) is 144 Å². The van der Waals surface area contributed by atoms with E-state index in [1.165, 1.54) is 26.0 Å². The van der Waals surface area contributed by atoms with Crippen molar-refractivity contribution in [1.29, 1.82) is 0 Å². The lowest BCUT2D eigenvalue weighted by Crippen LogP contribution is -2.47. The number of aryl methyl sites for hydroxylation is 2. The molecule has 0 amide bonds. The molecule has 3 heterocycles. The van der Waals surface area contributed by atoms with E-state index in [4.69, 9.17) is 23.2 Å². The van der Waals surface area contributed by atoms with E-state index < -0.39 is 180 Å². The van der Waals surface area contributed by atoms with Crippen LogP contribution in [0.25, 0.3) is 21.5 Å². The number of nitrogens with zero attached hydrogens (tertiary/aromatic N) is 12. The highest BCUT2D eigenvalue weighted by Crippen LogP contribution is 2.48. The average Bonchev–Trinajstić information content (AvgIpc) is 0.852. The molecule has 0 unspecified atom stereocenters. The normalized spacial score (nSPS) is 14.0. The maximum absolute atomic E-state index is 12.7. The number of azo groups is 2. The summed E-state index contributed by atoms with van der Waals surface area (Å²) in [4.78, 5) is 22.5. The number of aromatic nitrogens is 6. The van der Waals surface area contributed by atoms with Crippen molar-refractivity contribution in [2.24, 2.45) is 20.5 Å². The number of aromatic hydroxyl groups is 2. The molecule has 1 fully saturated rings. The molecule has 2 aromatic heterocycles. The van der Waals surface area contributed by atoms with Crippen molar-refractivity contribution in [3.63, 3.8) is 0 Å². The fourth-order valence-electron chi connectivity index (χ4n) is 8.45. The highest BCUT2D eigenvalue weighted by molar-refractivity contribution is 7.87. The smallest absolute Gasteiger partial charge is 0.296 e. The minimum atomic E-state index is -5.39. The van der Waals surface area contributed by atoms with Crippen LogP contribution in [0.4, 0.5) is 57.9 Å². The van der Waals surface area contributed by atoms with Crippen LogP contribution in [-0.2, 0) is 60.7 Å². The molecule has 0 bridgehead atoms. The van der Waals surface area contributed by atoms with Crippen LogP contribution in [0, 0.1) is 13.8 Å². The van der Waals surface area contributed by atoms with Gasteiger partial charge in [0.2, 0.25) is 34.4 Å². The van der Waals surface area contributed by atoms with Crippen LogP contribution in [0.1, 0.15) is 11.1 Å².